The van der Waals surface area contributed by atoms with Crippen LogP contribution in [0, 0.1) is 0 Å². The maximum Gasteiger partial charge on any atom is 0.305 e. The van der Waals surface area contributed by atoms with E-state index in [2.05, 4.69) is 5.32 Å². The number of carboxylic acids is 1. The lowest BCUT2D eigenvalue weighted by atomic mass is 9.89. The van der Waals surface area contributed by atoms with Gasteiger partial charge in [0.05, 0.1) is 25.1 Å². The molecule has 6 nitrogen and oxygen atoms in total. The van der Waals surface area contributed by atoms with E-state index in [-0.39, 0.29) is 12.3 Å². The van der Waals surface area contributed by atoms with Crippen LogP contribution in [0.4, 0.5) is 5.69 Å². The number of carboxylic acid groups (broad SMARTS) is 1. The highest BCUT2D eigenvalue weighted by Gasteiger charge is 2.26. The number of hydrogen-bond acceptors (Lipinski definition) is 4. The topological polar surface area (TPSA) is 102 Å². The van der Waals surface area contributed by atoms with Crippen molar-refractivity contribution in [2.24, 2.45) is 5.73 Å². The van der Waals surface area contributed by atoms with Gasteiger partial charge in [-0.1, -0.05) is 6.07 Å². The first kappa shape index (κ1) is 13.4. The minimum absolute atomic E-state index is 0.132. The van der Waals surface area contributed by atoms with Crippen LogP contribution in [-0.4, -0.2) is 23.6 Å². The summed E-state index contributed by atoms with van der Waals surface area (Å²) in [7, 11) is 0. The van der Waals surface area contributed by atoms with E-state index in [4.69, 9.17) is 15.6 Å². The van der Waals surface area contributed by atoms with E-state index in [1.807, 2.05) is 0 Å². The van der Waals surface area contributed by atoms with E-state index in [0.29, 0.717) is 30.0 Å². The molecular weight excluding hydrogens is 248 g/mol. The predicted octanol–water partition coefficient (Wildman–Crippen LogP) is 1.06. The van der Waals surface area contributed by atoms with Crippen LogP contribution in [-0.2, 0) is 15.1 Å². The lowest BCUT2D eigenvalue weighted by Crippen LogP contribution is -2.35. The van der Waals surface area contributed by atoms with E-state index in [1.165, 1.54) is 0 Å². The molecule has 1 atom stereocenters. The maximum absolute atomic E-state index is 11.5. The highest BCUT2D eigenvalue weighted by Crippen LogP contribution is 2.32. The van der Waals surface area contributed by atoms with Gasteiger partial charge in [-0.3, -0.25) is 9.59 Å². The number of ether oxygens (including phenoxy) is 1. The Hall–Kier alpha value is -2.08. The molecule has 1 aromatic rings. The molecule has 1 aliphatic rings. The Labute approximate surface area is 110 Å². The second-order valence-electron chi connectivity index (χ2n) is 4.85. The highest BCUT2D eigenvalue weighted by molar-refractivity contribution is 5.93. The molecule has 102 valence electrons. The number of fused-ring (bicyclic) bond motifs is 1. The summed E-state index contributed by atoms with van der Waals surface area (Å²) in [6, 6.07) is 5.09. The summed E-state index contributed by atoms with van der Waals surface area (Å²) < 4.78 is 5.43. The first-order valence-electron chi connectivity index (χ1n) is 5.96. The second kappa shape index (κ2) is 4.89. The molecule has 1 unspecified atom stereocenters. The second-order valence-corrected chi connectivity index (χ2v) is 4.85. The minimum Gasteiger partial charge on any atom is -0.491 e. The fourth-order valence-electron chi connectivity index (χ4n) is 1.99. The summed E-state index contributed by atoms with van der Waals surface area (Å²) in [6.45, 7) is 1.97. The predicted molar refractivity (Wildman–Crippen MR) is 69.0 cm³/mol. The third-order valence-corrected chi connectivity index (χ3v) is 3.02. The van der Waals surface area contributed by atoms with Gasteiger partial charge in [0.2, 0.25) is 5.91 Å². The average Bonchev–Trinajstić information content (AvgIpc) is 2.46. The highest BCUT2D eigenvalue weighted by atomic mass is 16.5. The summed E-state index contributed by atoms with van der Waals surface area (Å²) in [4.78, 5) is 22.3. The van der Waals surface area contributed by atoms with E-state index < -0.39 is 11.5 Å². The van der Waals surface area contributed by atoms with Gasteiger partial charge >= 0.3 is 5.97 Å². The molecule has 0 saturated heterocycles. The molecule has 4 N–H and O–H groups in total. The Morgan fingerprint density at radius 2 is 2.32 bits per heavy atom. The number of nitrogens with one attached hydrogen (secondary N) is 1. The lowest BCUT2D eigenvalue weighted by Gasteiger charge is -2.24. The number of carbonyl (C=O) groups is 2. The number of benzene rings is 1. The Morgan fingerprint density at radius 1 is 1.58 bits per heavy atom. The van der Waals surface area contributed by atoms with Crippen LogP contribution in [0.2, 0.25) is 0 Å². The number of nitrogens with two attached hydrogens (primary N) is 1. The molecule has 6 heteroatoms. The number of carbonyl (C=O) groups excluding carboxylic acids is 1. The fraction of sp³-hybridized carbons (Fsp3) is 0.385. The van der Waals surface area contributed by atoms with Crippen LogP contribution in [0.15, 0.2) is 18.2 Å². The number of hydrogen-bond donors (Lipinski definition) is 3. The molecule has 19 heavy (non-hydrogen) atoms. The van der Waals surface area contributed by atoms with Gasteiger partial charge in [-0.25, -0.2) is 0 Å². The number of rotatable bonds is 3. The molecule has 0 saturated carbocycles. The zero-order valence-electron chi connectivity index (χ0n) is 10.6. The van der Waals surface area contributed by atoms with Crippen LogP contribution in [0.1, 0.15) is 25.3 Å². The van der Waals surface area contributed by atoms with Crippen LogP contribution < -0.4 is 15.8 Å². The molecule has 0 aromatic heterocycles. The average molecular weight is 264 g/mol. The first-order chi connectivity index (χ1) is 8.88. The van der Waals surface area contributed by atoms with E-state index in [9.17, 15) is 9.59 Å². The quantitative estimate of drug-likeness (QED) is 0.757. The van der Waals surface area contributed by atoms with Crippen molar-refractivity contribution < 1.29 is 19.4 Å². The van der Waals surface area contributed by atoms with Crippen LogP contribution in [0.25, 0.3) is 0 Å². The monoisotopic (exact) mass is 264 g/mol. The smallest absolute Gasteiger partial charge is 0.305 e. The summed E-state index contributed by atoms with van der Waals surface area (Å²) in [5.74, 6) is -0.534. The van der Waals surface area contributed by atoms with E-state index in [0.717, 1.165) is 0 Å². The van der Waals surface area contributed by atoms with Crippen LogP contribution in [0.3, 0.4) is 0 Å². The SMILES string of the molecule is CC(N)(CC(=O)O)c1ccc2c(c1)NC(=O)CCO2. The number of anilines is 1. The van der Waals surface area contributed by atoms with Crippen molar-refractivity contribution in [2.75, 3.05) is 11.9 Å². The summed E-state index contributed by atoms with van der Waals surface area (Å²) >= 11 is 0. The van der Waals surface area contributed by atoms with Gasteiger partial charge in [0, 0.05) is 5.54 Å². The standard InChI is InChI=1S/C13H16N2O4/c1-13(14,7-12(17)18)8-2-3-10-9(6-8)15-11(16)4-5-19-10/h2-3,6H,4-5,7,14H2,1H3,(H,15,16)(H,17,18). The third-order valence-electron chi connectivity index (χ3n) is 3.02. The zero-order valence-corrected chi connectivity index (χ0v) is 10.6. The first-order valence-corrected chi connectivity index (χ1v) is 5.96. The molecule has 1 aliphatic heterocycles. The van der Waals surface area contributed by atoms with Crippen LogP contribution in [0.5, 0.6) is 5.75 Å². The Morgan fingerprint density at radius 3 is 3.00 bits per heavy atom. The molecule has 0 spiro atoms. The molecule has 2 rings (SSSR count). The Kier molecular flexibility index (Phi) is 3.44. The molecule has 0 radical (unpaired) electrons. The van der Waals surface area contributed by atoms with Gasteiger partial charge in [-0.15, -0.1) is 0 Å². The normalized spacial score (nSPS) is 17.5. The molecular formula is C13H16N2O4. The van der Waals surface area contributed by atoms with Crippen molar-refractivity contribution in [3.8, 4) is 5.75 Å². The molecule has 1 heterocycles. The largest absolute Gasteiger partial charge is 0.491 e. The molecule has 1 amide bonds. The van der Waals surface area contributed by atoms with E-state index in [1.54, 1.807) is 25.1 Å². The van der Waals surface area contributed by atoms with Gasteiger partial charge in [-0.05, 0) is 24.6 Å². The van der Waals surface area contributed by atoms with Crippen molar-refractivity contribution >= 4 is 17.6 Å². The van der Waals surface area contributed by atoms with Gasteiger partial charge in [0.25, 0.3) is 0 Å². The zero-order chi connectivity index (χ0) is 14.0. The lowest BCUT2D eigenvalue weighted by molar-refractivity contribution is -0.138. The van der Waals surface area contributed by atoms with E-state index >= 15 is 0 Å². The van der Waals surface area contributed by atoms with Crippen molar-refractivity contribution in [1.29, 1.82) is 0 Å². The molecule has 0 aliphatic carbocycles. The van der Waals surface area contributed by atoms with Gasteiger partial charge in [0.15, 0.2) is 0 Å². The Bertz CT molecular complexity index is 525. The molecule has 0 bridgehead atoms. The number of aliphatic carboxylic acids is 1. The van der Waals surface area contributed by atoms with Gasteiger partial charge in [-0.2, -0.15) is 0 Å². The maximum atomic E-state index is 11.5. The van der Waals surface area contributed by atoms with Crippen molar-refractivity contribution in [3.05, 3.63) is 23.8 Å². The third kappa shape index (κ3) is 3.03. The summed E-state index contributed by atoms with van der Waals surface area (Å²) in [5.41, 5.74) is 6.18. The van der Waals surface area contributed by atoms with Gasteiger partial charge < -0.3 is 20.9 Å². The Balaban J connectivity index is 2.34. The van der Waals surface area contributed by atoms with Crippen molar-refractivity contribution in [3.63, 3.8) is 0 Å². The van der Waals surface area contributed by atoms with Crippen LogP contribution >= 0.6 is 0 Å². The van der Waals surface area contributed by atoms with Gasteiger partial charge in [0.1, 0.15) is 5.75 Å². The molecule has 1 aromatic carbocycles. The summed E-state index contributed by atoms with van der Waals surface area (Å²) in [6.07, 6.45) is 0.0968. The molecule has 0 fully saturated rings. The number of amides is 1. The van der Waals surface area contributed by atoms with Crippen molar-refractivity contribution in [1.82, 2.24) is 0 Å². The minimum atomic E-state index is -1.00. The summed E-state index contributed by atoms with van der Waals surface area (Å²) in [5, 5.41) is 11.6. The van der Waals surface area contributed by atoms with Crippen molar-refractivity contribution in [2.45, 2.75) is 25.3 Å². The fourth-order valence-corrected chi connectivity index (χ4v) is 1.99.